The number of ether oxygens (including phenoxy) is 3. The Morgan fingerprint density at radius 3 is 2.11 bits per heavy atom. The second-order valence-corrected chi connectivity index (χ2v) is 8.24. The molecule has 2 atom stereocenters. The maximum atomic E-state index is 6.55. The Morgan fingerprint density at radius 1 is 0.857 bits per heavy atom. The average molecular weight is 379 g/mol. The maximum absolute atomic E-state index is 6.55. The Kier molecular flexibility index (Phi) is 5.84. The topological polar surface area (TPSA) is 27.7 Å². The zero-order valence-electron chi connectivity index (χ0n) is 16.9. The minimum absolute atomic E-state index is 0.0702. The van der Waals surface area contributed by atoms with Crippen molar-refractivity contribution in [3.05, 3.63) is 83.1 Å². The van der Waals surface area contributed by atoms with Crippen LogP contribution in [0.2, 0.25) is 0 Å². The molecule has 2 aromatic carbocycles. The molecule has 0 fully saturated rings. The Hall–Kier alpha value is -2.10. The van der Waals surface area contributed by atoms with Crippen LogP contribution in [-0.2, 0) is 27.1 Å². The highest BCUT2D eigenvalue weighted by molar-refractivity contribution is 5.23. The van der Waals surface area contributed by atoms with Gasteiger partial charge in [-0.3, -0.25) is 0 Å². The van der Waals surface area contributed by atoms with E-state index in [0.29, 0.717) is 6.61 Å². The summed E-state index contributed by atoms with van der Waals surface area (Å²) in [5.74, 6) is 0.544. The first-order valence-electron chi connectivity index (χ1n) is 10.4. The molecule has 0 bridgehead atoms. The highest BCUT2D eigenvalue weighted by atomic mass is 16.7. The number of rotatable bonds is 6. The fraction of sp³-hybridized carbons (Fsp3) is 0.440. The van der Waals surface area contributed by atoms with E-state index in [1.54, 1.807) is 0 Å². The van der Waals surface area contributed by atoms with Gasteiger partial charge in [0.05, 0.1) is 18.8 Å². The van der Waals surface area contributed by atoms with Crippen LogP contribution in [0.25, 0.3) is 0 Å². The molecule has 0 radical (unpaired) electrons. The van der Waals surface area contributed by atoms with Gasteiger partial charge in [-0.15, -0.1) is 0 Å². The van der Waals surface area contributed by atoms with Crippen molar-refractivity contribution in [2.45, 2.75) is 63.9 Å². The van der Waals surface area contributed by atoms with Crippen LogP contribution in [0.4, 0.5) is 0 Å². The number of hydrogen-bond donors (Lipinski definition) is 0. The monoisotopic (exact) mass is 378 g/mol. The molecule has 0 aromatic heterocycles. The quantitative estimate of drug-likeness (QED) is 0.669. The minimum Gasteiger partial charge on any atom is -0.467 e. The lowest BCUT2D eigenvalue weighted by atomic mass is 9.93. The predicted molar refractivity (Wildman–Crippen MR) is 111 cm³/mol. The summed E-state index contributed by atoms with van der Waals surface area (Å²) < 4.78 is 18.7. The Morgan fingerprint density at radius 2 is 1.46 bits per heavy atom. The van der Waals surface area contributed by atoms with Gasteiger partial charge in [0.1, 0.15) is 5.76 Å². The molecule has 0 amide bonds. The van der Waals surface area contributed by atoms with Crippen molar-refractivity contribution in [3.8, 4) is 0 Å². The third-order valence-electron chi connectivity index (χ3n) is 5.60. The lowest BCUT2D eigenvalue weighted by molar-refractivity contribution is -0.216. The van der Waals surface area contributed by atoms with Crippen molar-refractivity contribution in [2.75, 3.05) is 6.61 Å². The largest absolute Gasteiger partial charge is 0.467 e. The van der Waals surface area contributed by atoms with Crippen molar-refractivity contribution in [1.29, 1.82) is 0 Å². The zero-order valence-corrected chi connectivity index (χ0v) is 16.9. The van der Waals surface area contributed by atoms with E-state index in [1.165, 1.54) is 16.7 Å². The molecule has 28 heavy (non-hydrogen) atoms. The second kappa shape index (κ2) is 8.50. The predicted octanol–water partition coefficient (Wildman–Crippen LogP) is 5.45. The van der Waals surface area contributed by atoms with Gasteiger partial charge in [-0.1, -0.05) is 60.7 Å². The van der Waals surface area contributed by atoms with E-state index in [0.717, 1.165) is 37.9 Å². The van der Waals surface area contributed by atoms with Crippen LogP contribution in [0.3, 0.4) is 0 Å². The summed E-state index contributed by atoms with van der Waals surface area (Å²) in [4.78, 5) is 0. The van der Waals surface area contributed by atoms with Crippen LogP contribution < -0.4 is 0 Å². The summed E-state index contributed by atoms with van der Waals surface area (Å²) in [5.41, 5.74) is 3.91. The summed E-state index contributed by atoms with van der Waals surface area (Å²) in [5, 5.41) is 0. The Labute approximate surface area is 168 Å². The summed E-state index contributed by atoms with van der Waals surface area (Å²) in [6.45, 7) is 4.58. The van der Waals surface area contributed by atoms with Gasteiger partial charge in [0.15, 0.2) is 0 Å². The van der Waals surface area contributed by atoms with Crippen LogP contribution in [0.15, 0.2) is 72.0 Å². The van der Waals surface area contributed by atoms with E-state index in [2.05, 4.69) is 60.7 Å². The van der Waals surface area contributed by atoms with Crippen LogP contribution in [-0.4, -0.2) is 24.6 Å². The van der Waals surface area contributed by atoms with Gasteiger partial charge in [-0.25, -0.2) is 0 Å². The minimum atomic E-state index is -0.551. The van der Waals surface area contributed by atoms with Crippen LogP contribution in [0, 0.1) is 0 Å². The smallest absolute Gasteiger partial charge is 0.204 e. The normalized spacial score (nSPS) is 23.8. The number of hydrogen-bond acceptors (Lipinski definition) is 3. The van der Waals surface area contributed by atoms with Crippen LogP contribution in [0.5, 0.6) is 0 Å². The molecular weight excluding hydrogens is 348 g/mol. The molecule has 148 valence electrons. The summed E-state index contributed by atoms with van der Waals surface area (Å²) in [7, 11) is 0. The van der Waals surface area contributed by atoms with Crippen molar-refractivity contribution < 1.29 is 14.2 Å². The van der Waals surface area contributed by atoms with E-state index in [-0.39, 0.29) is 12.2 Å². The maximum Gasteiger partial charge on any atom is 0.204 e. The molecule has 0 aliphatic carbocycles. The Bertz CT molecular complexity index is 795. The molecule has 3 heteroatoms. The fourth-order valence-electron chi connectivity index (χ4n) is 4.07. The molecule has 4 rings (SSSR count). The van der Waals surface area contributed by atoms with Crippen LogP contribution >= 0.6 is 0 Å². The highest BCUT2D eigenvalue weighted by Gasteiger charge is 2.38. The molecular formula is C25H30O3. The van der Waals surface area contributed by atoms with Crippen molar-refractivity contribution in [1.82, 2.24) is 0 Å². The number of aryl methyl sites for hydroxylation is 2. The molecule has 0 N–H and O–H groups in total. The highest BCUT2D eigenvalue weighted by Crippen LogP contribution is 2.37. The van der Waals surface area contributed by atoms with Gasteiger partial charge >= 0.3 is 0 Å². The van der Waals surface area contributed by atoms with Crippen LogP contribution in [0.1, 0.15) is 44.2 Å². The second-order valence-electron chi connectivity index (χ2n) is 8.24. The summed E-state index contributed by atoms with van der Waals surface area (Å²) in [6.07, 6.45) is 5.09. The van der Waals surface area contributed by atoms with Gasteiger partial charge in [0.2, 0.25) is 5.79 Å². The molecule has 2 heterocycles. The van der Waals surface area contributed by atoms with E-state index >= 15 is 0 Å². The standard InChI is InChI=1S/C25H30O3/c1-25(2)26-18-22-23(16-14-20-11-7-4-8-12-20)27-21(17-24(22)28-25)15-13-19-9-5-3-6-10-19/h3-12,21,23H,13-18H2,1-2H3/t21-,23+/m1/s1. The van der Waals surface area contributed by atoms with Crippen molar-refractivity contribution in [2.24, 2.45) is 0 Å². The average Bonchev–Trinajstić information content (AvgIpc) is 2.71. The SMILES string of the molecule is CC1(C)OCC2=C(C[C@@H](CCc3ccccc3)O[C@H]2CCc2ccccc2)O1. The molecule has 0 saturated carbocycles. The summed E-state index contributed by atoms with van der Waals surface area (Å²) >= 11 is 0. The Balaban J connectivity index is 1.46. The molecule has 0 spiro atoms. The molecule has 2 aromatic rings. The lowest BCUT2D eigenvalue weighted by Gasteiger charge is -2.41. The third-order valence-corrected chi connectivity index (χ3v) is 5.60. The van der Waals surface area contributed by atoms with Gasteiger partial charge < -0.3 is 14.2 Å². The zero-order chi connectivity index (χ0) is 19.4. The van der Waals surface area contributed by atoms with E-state index in [9.17, 15) is 0 Å². The number of benzene rings is 2. The fourth-order valence-corrected chi connectivity index (χ4v) is 4.07. The van der Waals surface area contributed by atoms with Crippen molar-refractivity contribution in [3.63, 3.8) is 0 Å². The van der Waals surface area contributed by atoms with Gasteiger partial charge in [0.25, 0.3) is 0 Å². The van der Waals surface area contributed by atoms with E-state index in [1.807, 2.05) is 13.8 Å². The van der Waals surface area contributed by atoms with Gasteiger partial charge in [0, 0.05) is 25.8 Å². The van der Waals surface area contributed by atoms with Gasteiger partial charge in [-0.2, -0.15) is 0 Å². The molecule has 2 aliphatic heterocycles. The first-order chi connectivity index (χ1) is 13.6. The molecule has 0 unspecified atom stereocenters. The molecule has 2 aliphatic rings. The summed E-state index contributed by atoms with van der Waals surface area (Å²) in [6, 6.07) is 21.3. The van der Waals surface area contributed by atoms with Gasteiger partial charge in [-0.05, 0) is 36.8 Å². The first-order valence-corrected chi connectivity index (χ1v) is 10.4. The lowest BCUT2D eigenvalue weighted by Crippen LogP contribution is -2.42. The van der Waals surface area contributed by atoms with Crippen molar-refractivity contribution >= 4 is 0 Å². The third kappa shape index (κ3) is 4.84. The molecule has 0 saturated heterocycles. The van der Waals surface area contributed by atoms with E-state index in [4.69, 9.17) is 14.2 Å². The molecule has 3 nitrogen and oxygen atoms in total. The van der Waals surface area contributed by atoms with E-state index < -0.39 is 5.79 Å². The first kappa shape index (κ1) is 19.2.